The Bertz CT molecular complexity index is 338. The summed E-state index contributed by atoms with van der Waals surface area (Å²) in [7, 11) is 0. The van der Waals surface area contributed by atoms with Crippen LogP contribution in [0.5, 0.6) is 5.75 Å². The van der Waals surface area contributed by atoms with Crippen LogP contribution < -0.4 is 4.74 Å². The number of aliphatic carboxylic acids is 1. The zero-order valence-corrected chi connectivity index (χ0v) is 8.93. The highest BCUT2D eigenvalue weighted by molar-refractivity contribution is 5.67. The van der Waals surface area contributed by atoms with Gasteiger partial charge in [-0.3, -0.25) is 9.78 Å². The molecule has 1 N–H and O–H groups in total. The van der Waals surface area contributed by atoms with Gasteiger partial charge < -0.3 is 9.84 Å². The number of hydrogen-bond acceptors (Lipinski definition) is 3. The number of carboxylic acids is 1. The van der Waals surface area contributed by atoms with E-state index in [0.717, 1.165) is 5.56 Å². The fourth-order valence-corrected chi connectivity index (χ4v) is 1.33. The van der Waals surface area contributed by atoms with Crippen LogP contribution >= 0.6 is 0 Å². The van der Waals surface area contributed by atoms with Crippen LogP contribution in [0.4, 0.5) is 0 Å². The summed E-state index contributed by atoms with van der Waals surface area (Å²) in [4.78, 5) is 14.6. The van der Waals surface area contributed by atoms with E-state index in [9.17, 15) is 4.79 Å². The van der Waals surface area contributed by atoms with Gasteiger partial charge >= 0.3 is 5.97 Å². The molecule has 0 saturated carbocycles. The highest BCUT2D eigenvalue weighted by Gasteiger charge is 2.11. The second-order valence-corrected chi connectivity index (χ2v) is 3.39. The minimum Gasteiger partial charge on any atom is -0.492 e. The minimum absolute atomic E-state index is 0.0459. The smallest absolute Gasteiger partial charge is 0.303 e. The van der Waals surface area contributed by atoms with Crippen molar-refractivity contribution in [3.8, 4) is 5.75 Å². The van der Waals surface area contributed by atoms with Crippen LogP contribution in [-0.2, 0) is 4.79 Å². The van der Waals surface area contributed by atoms with Crippen LogP contribution in [0.2, 0.25) is 0 Å². The minimum atomic E-state index is -0.802. The Balaban J connectivity index is 2.75. The zero-order chi connectivity index (χ0) is 11.3. The fourth-order valence-electron chi connectivity index (χ4n) is 1.33. The summed E-state index contributed by atoms with van der Waals surface area (Å²) in [5.41, 5.74) is 0.892. The van der Waals surface area contributed by atoms with E-state index < -0.39 is 5.97 Å². The normalized spacial score (nSPS) is 12.1. The molecular weight excluding hydrogens is 194 g/mol. The first-order valence-electron chi connectivity index (χ1n) is 4.93. The van der Waals surface area contributed by atoms with Crippen LogP contribution in [0.1, 0.15) is 31.7 Å². The molecule has 1 atom stereocenters. The quantitative estimate of drug-likeness (QED) is 0.806. The van der Waals surface area contributed by atoms with E-state index >= 15 is 0 Å². The lowest BCUT2D eigenvalue weighted by Gasteiger charge is -2.10. The standard InChI is InChI=1S/C11H15NO3/c1-3-15-10-5-9(6-12-7-10)8(2)4-11(13)14/h5-8H,3-4H2,1-2H3,(H,13,14). The van der Waals surface area contributed by atoms with Gasteiger partial charge in [-0.2, -0.15) is 0 Å². The van der Waals surface area contributed by atoms with Gasteiger partial charge in [0.25, 0.3) is 0 Å². The van der Waals surface area contributed by atoms with E-state index in [1.54, 1.807) is 12.4 Å². The summed E-state index contributed by atoms with van der Waals surface area (Å²) in [6, 6.07) is 1.84. The molecule has 0 radical (unpaired) electrons. The van der Waals surface area contributed by atoms with Crippen LogP contribution in [0.15, 0.2) is 18.5 Å². The largest absolute Gasteiger partial charge is 0.492 e. The Morgan fingerprint density at radius 2 is 2.33 bits per heavy atom. The van der Waals surface area contributed by atoms with E-state index in [1.165, 1.54) is 0 Å². The fraction of sp³-hybridized carbons (Fsp3) is 0.455. The third-order valence-corrected chi connectivity index (χ3v) is 2.10. The van der Waals surface area contributed by atoms with Crippen LogP contribution in [0.25, 0.3) is 0 Å². The molecule has 0 fully saturated rings. The van der Waals surface area contributed by atoms with Crippen molar-refractivity contribution in [1.29, 1.82) is 0 Å². The van der Waals surface area contributed by atoms with Gasteiger partial charge in [0, 0.05) is 6.20 Å². The van der Waals surface area contributed by atoms with Crippen molar-refractivity contribution in [2.45, 2.75) is 26.2 Å². The average molecular weight is 209 g/mol. The molecule has 1 heterocycles. The Morgan fingerprint density at radius 1 is 1.60 bits per heavy atom. The van der Waals surface area contributed by atoms with E-state index in [2.05, 4.69) is 4.98 Å². The monoisotopic (exact) mass is 209 g/mol. The summed E-state index contributed by atoms with van der Waals surface area (Å²) < 4.78 is 5.29. The molecule has 0 amide bonds. The van der Waals surface area contributed by atoms with E-state index in [1.807, 2.05) is 19.9 Å². The highest BCUT2D eigenvalue weighted by Crippen LogP contribution is 2.21. The number of hydrogen-bond donors (Lipinski definition) is 1. The molecule has 1 aromatic heterocycles. The van der Waals surface area contributed by atoms with E-state index in [-0.39, 0.29) is 12.3 Å². The summed E-state index contributed by atoms with van der Waals surface area (Å²) in [6.07, 6.45) is 3.41. The summed E-state index contributed by atoms with van der Waals surface area (Å²) >= 11 is 0. The first-order chi connectivity index (χ1) is 7.13. The van der Waals surface area contributed by atoms with Gasteiger partial charge in [0.1, 0.15) is 5.75 Å². The molecule has 4 nitrogen and oxygen atoms in total. The van der Waals surface area contributed by atoms with Crippen LogP contribution in [0.3, 0.4) is 0 Å². The first-order valence-corrected chi connectivity index (χ1v) is 4.93. The molecule has 1 rings (SSSR count). The van der Waals surface area contributed by atoms with E-state index in [0.29, 0.717) is 12.4 Å². The molecule has 15 heavy (non-hydrogen) atoms. The summed E-state index contributed by atoms with van der Waals surface area (Å²) in [5, 5.41) is 8.67. The Hall–Kier alpha value is -1.58. The van der Waals surface area contributed by atoms with Crippen LogP contribution in [-0.4, -0.2) is 22.7 Å². The van der Waals surface area contributed by atoms with Gasteiger partial charge in [0.15, 0.2) is 0 Å². The van der Waals surface area contributed by atoms with Gasteiger partial charge in [-0.15, -0.1) is 0 Å². The maximum Gasteiger partial charge on any atom is 0.303 e. The lowest BCUT2D eigenvalue weighted by atomic mass is 10.00. The number of aromatic nitrogens is 1. The average Bonchev–Trinajstić information content (AvgIpc) is 2.17. The van der Waals surface area contributed by atoms with Crippen molar-refractivity contribution in [2.24, 2.45) is 0 Å². The van der Waals surface area contributed by atoms with Gasteiger partial charge in [0.2, 0.25) is 0 Å². The third kappa shape index (κ3) is 3.58. The Labute approximate surface area is 88.9 Å². The number of rotatable bonds is 5. The molecular formula is C11H15NO3. The van der Waals surface area contributed by atoms with Crippen LogP contribution in [0, 0.1) is 0 Å². The Morgan fingerprint density at radius 3 is 2.93 bits per heavy atom. The van der Waals surface area contributed by atoms with Gasteiger partial charge in [-0.1, -0.05) is 6.92 Å². The molecule has 0 aliphatic rings. The summed E-state index contributed by atoms with van der Waals surface area (Å²) in [6.45, 7) is 4.34. The number of pyridine rings is 1. The highest BCUT2D eigenvalue weighted by atomic mass is 16.5. The number of carboxylic acid groups (broad SMARTS) is 1. The van der Waals surface area contributed by atoms with Gasteiger partial charge in [-0.25, -0.2) is 0 Å². The van der Waals surface area contributed by atoms with Crippen molar-refractivity contribution in [3.05, 3.63) is 24.0 Å². The van der Waals surface area contributed by atoms with Crippen molar-refractivity contribution in [3.63, 3.8) is 0 Å². The van der Waals surface area contributed by atoms with Crippen molar-refractivity contribution in [2.75, 3.05) is 6.61 Å². The summed E-state index contributed by atoms with van der Waals surface area (Å²) in [5.74, 6) is -0.160. The number of carbonyl (C=O) groups is 1. The molecule has 0 bridgehead atoms. The molecule has 0 aliphatic carbocycles. The third-order valence-electron chi connectivity index (χ3n) is 2.10. The predicted octanol–water partition coefficient (Wildman–Crippen LogP) is 2.06. The molecule has 1 unspecified atom stereocenters. The van der Waals surface area contributed by atoms with Gasteiger partial charge in [0.05, 0.1) is 19.2 Å². The maximum absolute atomic E-state index is 10.5. The molecule has 1 aromatic rings. The lowest BCUT2D eigenvalue weighted by molar-refractivity contribution is -0.137. The Kier molecular flexibility index (Phi) is 4.09. The predicted molar refractivity (Wildman–Crippen MR) is 56.1 cm³/mol. The first kappa shape index (κ1) is 11.5. The van der Waals surface area contributed by atoms with Gasteiger partial charge in [-0.05, 0) is 24.5 Å². The molecule has 4 heteroatoms. The lowest BCUT2D eigenvalue weighted by Crippen LogP contribution is -2.03. The molecule has 0 aliphatic heterocycles. The second-order valence-electron chi connectivity index (χ2n) is 3.39. The number of ether oxygens (including phenoxy) is 1. The molecule has 0 aromatic carbocycles. The molecule has 0 spiro atoms. The van der Waals surface area contributed by atoms with E-state index in [4.69, 9.17) is 9.84 Å². The second kappa shape index (κ2) is 5.34. The molecule has 0 saturated heterocycles. The number of nitrogens with zero attached hydrogens (tertiary/aromatic N) is 1. The SMILES string of the molecule is CCOc1cncc(C(C)CC(=O)O)c1. The topological polar surface area (TPSA) is 59.4 Å². The van der Waals surface area contributed by atoms with Crippen molar-refractivity contribution < 1.29 is 14.6 Å². The van der Waals surface area contributed by atoms with Crippen molar-refractivity contribution >= 4 is 5.97 Å². The molecule has 82 valence electrons. The zero-order valence-electron chi connectivity index (χ0n) is 8.93. The van der Waals surface area contributed by atoms with Crippen molar-refractivity contribution in [1.82, 2.24) is 4.98 Å². The maximum atomic E-state index is 10.5.